The molecule has 2 aromatic heterocycles. The molecule has 0 saturated heterocycles. The predicted octanol–water partition coefficient (Wildman–Crippen LogP) is 4.01. The van der Waals surface area contributed by atoms with Crippen LogP contribution in [0.2, 0.25) is 0 Å². The van der Waals surface area contributed by atoms with Gasteiger partial charge in [0.25, 0.3) is 5.89 Å². The second-order valence-corrected chi connectivity index (χ2v) is 5.48. The summed E-state index contributed by atoms with van der Waals surface area (Å²) in [6.45, 7) is 2.66. The van der Waals surface area contributed by atoms with Crippen LogP contribution in [-0.4, -0.2) is 22.2 Å². The van der Waals surface area contributed by atoms with E-state index in [-0.39, 0.29) is 5.89 Å². The van der Waals surface area contributed by atoms with Gasteiger partial charge in [0.05, 0.1) is 17.8 Å². The van der Waals surface area contributed by atoms with E-state index in [2.05, 4.69) is 26.1 Å². The van der Waals surface area contributed by atoms with Gasteiger partial charge >= 0.3 is 6.43 Å². The van der Waals surface area contributed by atoms with Crippen LogP contribution in [0, 0.1) is 6.92 Å². The maximum absolute atomic E-state index is 12.5. The number of anilines is 1. The number of nitrogens with zero attached hydrogens (tertiary/aromatic N) is 4. The largest absolute Gasteiger partial charge is 0.415 e. The highest BCUT2D eigenvalue weighted by Crippen LogP contribution is 2.23. The highest BCUT2D eigenvalue weighted by atomic mass is 19.3. The first-order valence-electron chi connectivity index (χ1n) is 7.37. The molecule has 0 spiro atoms. The van der Waals surface area contributed by atoms with E-state index in [1.807, 2.05) is 38.2 Å². The zero-order chi connectivity index (χ0) is 17.1. The van der Waals surface area contributed by atoms with Crippen LogP contribution in [0.15, 0.2) is 47.0 Å². The fourth-order valence-electron chi connectivity index (χ4n) is 2.28. The number of hydrogen-bond donors (Lipinski definition) is 0. The van der Waals surface area contributed by atoms with Crippen molar-refractivity contribution in [1.82, 2.24) is 15.2 Å². The van der Waals surface area contributed by atoms with Gasteiger partial charge in [-0.25, -0.2) is 0 Å². The molecular weight excluding hydrogens is 314 g/mol. The molecule has 0 atom stereocenters. The summed E-state index contributed by atoms with van der Waals surface area (Å²) in [6.07, 6.45) is -1.23. The summed E-state index contributed by atoms with van der Waals surface area (Å²) in [6, 6.07) is 11.7. The van der Waals surface area contributed by atoms with Crippen LogP contribution in [0.3, 0.4) is 0 Å². The Morgan fingerprint density at radius 1 is 1.17 bits per heavy atom. The first-order chi connectivity index (χ1) is 11.5. The Labute approximate surface area is 138 Å². The third-order valence-corrected chi connectivity index (χ3v) is 3.54. The molecule has 0 unspecified atom stereocenters. The molecular formula is C17H16F2N4O. The summed E-state index contributed by atoms with van der Waals surface area (Å²) in [5, 5.41) is 6.92. The predicted molar refractivity (Wildman–Crippen MR) is 85.8 cm³/mol. The van der Waals surface area contributed by atoms with Crippen molar-refractivity contribution >= 4 is 5.69 Å². The van der Waals surface area contributed by atoms with E-state index in [1.54, 1.807) is 12.3 Å². The third kappa shape index (κ3) is 3.56. The Balaban J connectivity index is 1.72. The van der Waals surface area contributed by atoms with E-state index < -0.39 is 12.3 Å². The summed E-state index contributed by atoms with van der Waals surface area (Å²) < 4.78 is 29.9. The Kier molecular flexibility index (Phi) is 4.50. The van der Waals surface area contributed by atoms with E-state index in [1.165, 1.54) is 5.56 Å². The summed E-state index contributed by atoms with van der Waals surface area (Å²) in [5.41, 5.74) is 3.64. The van der Waals surface area contributed by atoms with E-state index in [0.717, 1.165) is 11.4 Å². The molecule has 5 nitrogen and oxygen atoms in total. The lowest BCUT2D eigenvalue weighted by Crippen LogP contribution is -2.17. The molecule has 0 aliphatic rings. The molecule has 0 radical (unpaired) electrons. The van der Waals surface area contributed by atoms with Crippen molar-refractivity contribution in [3.8, 4) is 11.5 Å². The molecule has 3 rings (SSSR count). The normalized spacial score (nSPS) is 11.0. The number of aromatic nitrogens is 3. The molecule has 1 aromatic carbocycles. The standard InChI is InChI=1S/C17H16F2N4O/c1-11-4-3-5-14(8-11)23(2)10-13-7-6-12(9-20-13)16-21-22-17(24-16)15(18)19/h3-9,15H,10H2,1-2H3. The molecule has 0 amide bonds. The molecule has 7 heteroatoms. The first kappa shape index (κ1) is 16.0. The lowest BCUT2D eigenvalue weighted by molar-refractivity contribution is 0.116. The van der Waals surface area contributed by atoms with Crippen LogP contribution < -0.4 is 4.90 Å². The van der Waals surface area contributed by atoms with Crippen molar-refractivity contribution in [2.75, 3.05) is 11.9 Å². The molecule has 0 aliphatic heterocycles. The van der Waals surface area contributed by atoms with Gasteiger partial charge in [-0.3, -0.25) is 4.98 Å². The number of hydrogen-bond acceptors (Lipinski definition) is 5. The van der Waals surface area contributed by atoms with Crippen LogP contribution in [0.25, 0.3) is 11.5 Å². The van der Waals surface area contributed by atoms with Crippen LogP contribution in [0.1, 0.15) is 23.6 Å². The molecule has 0 saturated carbocycles. The van der Waals surface area contributed by atoms with Gasteiger partial charge in [-0.15, -0.1) is 10.2 Å². The maximum atomic E-state index is 12.5. The van der Waals surface area contributed by atoms with Crippen molar-refractivity contribution in [3.63, 3.8) is 0 Å². The quantitative estimate of drug-likeness (QED) is 0.707. The number of benzene rings is 1. The van der Waals surface area contributed by atoms with Crippen LogP contribution in [-0.2, 0) is 6.54 Å². The average molecular weight is 330 g/mol. The minimum absolute atomic E-state index is 0.0383. The molecule has 0 aliphatic carbocycles. The molecule has 3 aromatic rings. The van der Waals surface area contributed by atoms with Crippen LogP contribution in [0.4, 0.5) is 14.5 Å². The summed E-state index contributed by atoms with van der Waals surface area (Å²) in [5.74, 6) is -0.648. The first-order valence-corrected chi connectivity index (χ1v) is 7.37. The van der Waals surface area contributed by atoms with Crippen molar-refractivity contribution in [3.05, 3.63) is 59.7 Å². The van der Waals surface area contributed by atoms with E-state index >= 15 is 0 Å². The van der Waals surface area contributed by atoms with E-state index in [9.17, 15) is 8.78 Å². The summed E-state index contributed by atoms with van der Waals surface area (Å²) in [7, 11) is 1.98. The molecule has 0 N–H and O–H groups in total. The van der Waals surface area contributed by atoms with Crippen molar-refractivity contribution in [2.45, 2.75) is 19.9 Å². The Bertz CT molecular complexity index is 817. The van der Waals surface area contributed by atoms with E-state index in [0.29, 0.717) is 12.1 Å². The molecule has 0 bridgehead atoms. The van der Waals surface area contributed by atoms with E-state index in [4.69, 9.17) is 4.42 Å². The Hall–Kier alpha value is -2.83. The Morgan fingerprint density at radius 2 is 2.00 bits per heavy atom. The number of rotatable bonds is 5. The second kappa shape index (κ2) is 6.74. The van der Waals surface area contributed by atoms with Gasteiger partial charge in [0, 0.05) is 18.9 Å². The summed E-state index contributed by atoms with van der Waals surface area (Å²) in [4.78, 5) is 6.42. The lowest BCUT2D eigenvalue weighted by atomic mass is 10.2. The third-order valence-electron chi connectivity index (χ3n) is 3.54. The number of halogens is 2. The fourth-order valence-corrected chi connectivity index (χ4v) is 2.28. The van der Waals surface area contributed by atoms with Gasteiger partial charge in [0.2, 0.25) is 5.89 Å². The average Bonchev–Trinajstić information content (AvgIpc) is 3.06. The van der Waals surface area contributed by atoms with Crippen molar-refractivity contribution < 1.29 is 13.2 Å². The maximum Gasteiger partial charge on any atom is 0.314 e. The topological polar surface area (TPSA) is 55.1 Å². The smallest absolute Gasteiger partial charge is 0.314 e. The van der Waals surface area contributed by atoms with Gasteiger partial charge in [0.15, 0.2) is 0 Å². The monoisotopic (exact) mass is 330 g/mol. The SMILES string of the molecule is Cc1cccc(N(C)Cc2ccc(-c3nnc(C(F)F)o3)cn2)c1. The van der Waals surface area contributed by atoms with Crippen LogP contribution in [0.5, 0.6) is 0 Å². The lowest BCUT2D eigenvalue weighted by Gasteiger charge is -2.19. The molecule has 124 valence electrons. The van der Waals surface area contributed by atoms with Gasteiger partial charge in [-0.1, -0.05) is 12.1 Å². The van der Waals surface area contributed by atoms with Gasteiger partial charge in [-0.05, 0) is 36.8 Å². The minimum atomic E-state index is -2.78. The Morgan fingerprint density at radius 3 is 2.62 bits per heavy atom. The van der Waals surface area contributed by atoms with Crippen LogP contribution >= 0.6 is 0 Å². The number of aryl methyl sites for hydroxylation is 1. The molecule has 2 heterocycles. The van der Waals surface area contributed by atoms with Crippen molar-refractivity contribution in [1.29, 1.82) is 0 Å². The number of alkyl halides is 2. The zero-order valence-electron chi connectivity index (χ0n) is 13.3. The minimum Gasteiger partial charge on any atom is -0.415 e. The molecule has 24 heavy (non-hydrogen) atoms. The highest BCUT2D eigenvalue weighted by molar-refractivity contribution is 5.51. The van der Waals surface area contributed by atoms with Gasteiger partial charge in [0.1, 0.15) is 0 Å². The molecule has 0 fully saturated rings. The second-order valence-electron chi connectivity index (χ2n) is 5.48. The number of pyridine rings is 1. The summed E-state index contributed by atoms with van der Waals surface area (Å²) >= 11 is 0. The van der Waals surface area contributed by atoms with Gasteiger partial charge < -0.3 is 9.32 Å². The van der Waals surface area contributed by atoms with Crippen molar-refractivity contribution in [2.24, 2.45) is 0 Å². The zero-order valence-corrected chi connectivity index (χ0v) is 13.3. The highest BCUT2D eigenvalue weighted by Gasteiger charge is 2.17. The fraction of sp³-hybridized carbons (Fsp3) is 0.235. The van der Waals surface area contributed by atoms with Gasteiger partial charge in [-0.2, -0.15) is 8.78 Å².